The maximum absolute atomic E-state index is 12.3. The van der Waals surface area contributed by atoms with E-state index in [1.807, 2.05) is 0 Å². The Morgan fingerprint density at radius 1 is 1.17 bits per heavy atom. The lowest BCUT2D eigenvalue weighted by Gasteiger charge is -2.30. The van der Waals surface area contributed by atoms with Gasteiger partial charge in [-0.25, -0.2) is 0 Å². The number of nitrogens with two attached hydrogens (primary N) is 1. The van der Waals surface area contributed by atoms with Crippen LogP contribution in [-0.4, -0.2) is 55.5 Å². The summed E-state index contributed by atoms with van der Waals surface area (Å²) in [6, 6.07) is 0.496. The van der Waals surface area contributed by atoms with Gasteiger partial charge in [0.15, 0.2) is 0 Å². The first-order valence-electron chi connectivity index (χ1n) is 7.29. The second-order valence-corrected chi connectivity index (χ2v) is 5.57. The molecule has 0 heterocycles. The lowest BCUT2D eigenvalue weighted by atomic mass is 10.1. The lowest BCUT2D eigenvalue weighted by Crippen LogP contribution is -2.42. The van der Waals surface area contributed by atoms with Gasteiger partial charge >= 0.3 is 0 Å². The molecule has 1 fully saturated rings. The summed E-state index contributed by atoms with van der Waals surface area (Å²) in [5.41, 5.74) is 5.48. The fourth-order valence-corrected chi connectivity index (χ4v) is 2.60. The highest BCUT2D eigenvalue weighted by Crippen LogP contribution is 2.24. The Hall–Kier alpha value is -0.610. The maximum atomic E-state index is 12.3. The van der Waals surface area contributed by atoms with Crippen LogP contribution in [0.1, 0.15) is 44.9 Å². The van der Waals surface area contributed by atoms with E-state index in [0.717, 1.165) is 25.9 Å². The van der Waals surface area contributed by atoms with Gasteiger partial charge in [-0.3, -0.25) is 4.79 Å². The van der Waals surface area contributed by atoms with Crippen molar-refractivity contribution in [3.63, 3.8) is 0 Å². The molecule has 0 radical (unpaired) electrons. The molecule has 1 amide bonds. The summed E-state index contributed by atoms with van der Waals surface area (Å²) in [5.74, 6) is 0.331. The van der Waals surface area contributed by atoms with E-state index in [0.29, 0.717) is 24.9 Å². The third-order valence-electron chi connectivity index (χ3n) is 3.72. The molecular weight excluding hydrogens is 226 g/mol. The van der Waals surface area contributed by atoms with Crippen molar-refractivity contribution in [2.75, 3.05) is 33.7 Å². The molecule has 106 valence electrons. The molecule has 4 heteroatoms. The SMILES string of the molecule is CN(C)CCN(C(=O)CCCCN)C1CCCC1. The number of carbonyl (C=O) groups excluding carboxylic acids is 1. The van der Waals surface area contributed by atoms with Crippen molar-refractivity contribution in [3.8, 4) is 0 Å². The van der Waals surface area contributed by atoms with Gasteiger partial charge in [-0.05, 0) is 46.3 Å². The molecule has 1 aliphatic rings. The third-order valence-corrected chi connectivity index (χ3v) is 3.72. The summed E-state index contributed by atoms with van der Waals surface area (Å²) in [5, 5.41) is 0. The first kappa shape index (κ1) is 15.4. The van der Waals surface area contributed by atoms with E-state index >= 15 is 0 Å². The Morgan fingerprint density at radius 3 is 2.39 bits per heavy atom. The van der Waals surface area contributed by atoms with Gasteiger partial charge in [-0.15, -0.1) is 0 Å². The predicted molar refractivity (Wildman–Crippen MR) is 75.4 cm³/mol. The van der Waals surface area contributed by atoms with E-state index < -0.39 is 0 Å². The second-order valence-electron chi connectivity index (χ2n) is 5.57. The first-order chi connectivity index (χ1) is 8.65. The average Bonchev–Trinajstić information content (AvgIpc) is 2.83. The Balaban J connectivity index is 2.44. The summed E-state index contributed by atoms with van der Waals surface area (Å²) in [6.45, 7) is 2.52. The molecule has 2 N–H and O–H groups in total. The number of rotatable bonds is 8. The molecule has 0 aromatic heterocycles. The Labute approximate surface area is 111 Å². The number of carbonyl (C=O) groups is 1. The minimum absolute atomic E-state index is 0.331. The summed E-state index contributed by atoms with van der Waals surface area (Å²) in [4.78, 5) is 16.6. The highest BCUT2D eigenvalue weighted by atomic mass is 16.2. The number of amides is 1. The molecule has 18 heavy (non-hydrogen) atoms. The summed E-state index contributed by atoms with van der Waals surface area (Å²) in [6.07, 6.45) is 7.49. The van der Waals surface area contributed by atoms with Gasteiger partial charge in [-0.2, -0.15) is 0 Å². The van der Waals surface area contributed by atoms with Crippen LogP contribution >= 0.6 is 0 Å². The van der Waals surface area contributed by atoms with Crippen molar-refractivity contribution in [2.45, 2.75) is 51.0 Å². The van der Waals surface area contributed by atoms with Crippen molar-refractivity contribution in [1.29, 1.82) is 0 Å². The minimum Gasteiger partial charge on any atom is -0.338 e. The van der Waals surface area contributed by atoms with Crippen molar-refractivity contribution < 1.29 is 4.79 Å². The van der Waals surface area contributed by atoms with Crippen molar-refractivity contribution in [1.82, 2.24) is 9.80 Å². The normalized spacial score (nSPS) is 16.4. The van der Waals surface area contributed by atoms with Crippen LogP contribution in [0.3, 0.4) is 0 Å². The molecule has 0 aromatic carbocycles. The number of hydrogen-bond donors (Lipinski definition) is 1. The molecule has 4 nitrogen and oxygen atoms in total. The lowest BCUT2D eigenvalue weighted by molar-refractivity contribution is -0.133. The van der Waals surface area contributed by atoms with Crippen LogP contribution in [0.5, 0.6) is 0 Å². The Morgan fingerprint density at radius 2 is 1.83 bits per heavy atom. The van der Waals surface area contributed by atoms with E-state index in [2.05, 4.69) is 23.9 Å². The molecule has 0 atom stereocenters. The highest BCUT2D eigenvalue weighted by molar-refractivity contribution is 5.76. The second kappa shape index (κ2) is 8.48. The maximum Gasteiger partial charge on any atom is 0.222 e. The smallest absolute Gasteiger partial charge is 0.222 e. The number of hydrogen-bond acceptors (Lipinski definition) is 3. The van der Waals surface area contributed by atoms with Crippen LogP contribution in [0.25, 0.3) is 0 Å². The van der Waals surface area contributed by atoms with Crippen LogP contribution in [0.4, 0.5) is 0 Å². The van der Waals surface area contributed by atoms with E-state index in [1.165, 1.54) is 25.7 Å². The van der Waals surface area contributed by atoms with Crippen LogP contribution in [-0.2, 0) is 4.79 Å². The molecule has 0 spiro atoms. The Kier molecular flexibility index (Phi) is 7.28. The fraction of sp³-hybridized carbons (Fsp3) is 0.929. The van der Waals surface area contributed by atoms with E-state index in [-0.39, 0.29) is 0 Å². The zero-order valence-corrected chi connectivity index (χ0v) is 12.0. The Bertz CT molecular complexity index is 237. The molecule has 0 aromatic rings. The quantitative estimate of drug-likeness (QED) is 0.668. The van der Waals surface area contributed by atoms with Gasteiger partial charge in [0.05, 0.1) is 0 Å². The van der Waals surface area contributed by atoms with Crippen LogP contribution < -0.4 is 5.73 Å². The van der Waals surface area contributed by atoms with Gasteiger partial charge in [0.2, 0.25) is 5.91 Å². The number of unbranched alkanes of at least 4 members (excludes halogenated alkanes) is 1. The van der Waals surface area contributed by atoms with Gasteiger partial charge in [0, 0.05) is 25.6 Å². The van der Waals surface area contributed by atoms with Crippen molar-refractivity contribution in [2.24, 2.45) is 5.73 Å². The number of likely N-dealkylation sites (N-methyl/N-ethyl adjacent to an activating group) is 1. The van der Waals surface area contributed by atoms with Gasteiger partial charge in [0.25, 0.3) is 0 Å². The summed E-state index contributed by atoms with van der Waals surface area (Å²) in [7, 11) is 4.12. The molecular formula is C14H29N3O. The summed E-state index contributed by atoms with van der Waals surface area (Å²) < 4.78 is 0. The standard InChI is InChI=1S/C14H29N3O/c1-16(2)11-12-17(13-7-3-4-8-13)14(18)9-5-6-10-15/h13H,3-12,15H2,1-2H3. The highest BCUT2D eigenvalue weighted by Gasteiger charge is 2.25. The molecule has 0 saturated heterocycles. The molecule has 0 bridgehead atoms. The third kappa shape index (κ3) is 5.36. The van der Waals surface area contributed by atoms with Gasteiger partial charge in [-0.1, -0.05) is 12.8 Å². The zero-order chi connectivity index (χ0) is 13.4. The average molecular weight is 255 g/mol. The molecule has 1 rings (SSSR count). The molecule has 0 aliphatic heterocycles. The summed E-state index contributed by atoms with van der Waals surface area (Å²) >= 11 is 0. The van der Waals surface area contributed by atoms with E-state index in [1.54, 1.807) is 0 Å². The van der Waals surface area contributed by atoms with E-state index in [4.69, 9.17) is 5.73 Å². The van der Waals surface area contributed by atoms with Gasteiger partial charge < -0.3 is 15.5 Å². The topological polar surface area (TPSA) is 49.6 Å². The largest absolute Gasteiger partial charge is 0.338 e. The molecule has 1 saturated carbocycles. The zero-order valence-electron chi connectivity index (χ0n) is 12.0. The van der Waals surface area contributed by atoms with Crippen molar-refractivity contribution in [3.05, 3.63) is 0 Å². The predicted octanol–water partition coefficient (Wildman–Crippen LogP) is 1.45. The van der Waals surface area contributed by atoms with Crippen LogP contribution in [0.2, 0.25) is 0 Å². The van der Waals surface area contributed by atoms with Crippen molar-refractivity contribution >= 4 is 5.91 Å². The number of nitrogens with zero attached hydrogens (tertiary/aromatic N) is 2. The monoisotopic (exact) mass is 255 g/mol. The van der Waals surface area contributed by atoms with Crippen LogP contribution in [0.15, 0.2) is 0 Å². The van der Waals surface area contributed by atoms with Crippen LogP contribution in [0, 0.1) is 0 Å². The molecule has 0 unspecified atom stereocenters. The van der Waals surface area contributed by atoms with E-state index in [9.17, 15) is 4.79 Å². The first-order valence-corrected chi connectivity index (χ1v) is 7.29. The molecule has 1 aliphatic carbocycles. The fourth-order valence-electron chi connectivity index (χ4n) is 2.60. The minimum atomic E-state index is 0.331. The van der Waals surface area contributed by atoms with Gasteiger partial charge in [0.1, 0.15) is 0 Å².